The summed E-state index contributed by atoms with van der Waals surface area (Å²) in [5.74, 6) is -0.330. The molecule has 3 rings (SSSR count). The van der Waals surface area contributed by atoms with Gasteiger partial charge in [0.2, 0.25) is 5.96 Å². The number of guanidine groups is 2. The number of hydrogen-bond donors (Lipinski definition) is 6. The molecule has 9 N–H and O–H groups in total. The van der Waals surface area contributed by atoms with Crippen LogP contribution in [0.1, 0.15) is 6.92 Å². The van der Waals surface area contributed by atoms with Gasteiger partial charge in [-0.05, 0) is 6.92 Å². The first-order valence-corrected chi connectivity index (χ1v) is 6.90. The van der Waals surface area contributed by atoms with E-state index in [1.807, 2.05) is 0 Å². The molecule has 1 fully saturated rings. The Balaban J connectivity index is 2.10. The molecule has 0 aliphatic carbocycles. The number of hydrogen-bond acceptors (Lipinski definition) is 11. The van der Waals surface area contributed by atoms with Crippen LogP contribution >= 0.6 is 0 Å². The summed E-state index contributed by atoms with van der Waals surface area (Å²) in [6.45, 7) is 0.988. The molecule has 5 unspecified atom stereocenters. The number of nitrogens with two attached hydrogens (primary N) is 3. The number of rotatable bonds is 2. The molecule has 5 atom stereocenters. The predicted molar refractivity (Wildman–Crippen MR) is 76.0 cm³/mol. The number of ether oxygens (including phenoxy) is 1. The number of aliphatic hydroxyl groups excluding tert-OH is 1. The Morgan fingerprint density at radius 1 is 1.43 bits per heavy atom. The molecular formula is C11H19N7O5. The fourth-order valence-electron chi connectivity index (χ4n) is 3.61. The van der Waals surface area contributed by atoms with Gasteiger partial charge in [-0.1, -0.05) is 0 Å². The summed E-state index contributed by atoms with van der Waals surface area (Å²) in [5, 5.41) is 32.1. The average molecular weight is 329 g/mol. The van der Waals surface area contributed by atoms with Gasteiger partial charge in [0.15, 0.2) is 11.6 Å². The number of carbonyl (C=O) groups excluding carboxylic acids is 1. The largest absolute Gasteiger partial charge is 0.447 e. The van der Waals surface area contributed by atoms with Gasteiger partial charge >= 0.3 is 6.09 Å². The van der Waals surface area contributed by atoms with Crippen molar-refractivity contribution in [3.63, 3.8) is 0 Å². The number of carbonyl (C=O) groups is 1. The highest BCUT2D eigenvalue weighted by atomic mass is 16.5. The fourth-order valence-corrected chi connectivity index (χ4v) is 3.61. The highest BCUT2D eigenvalue weighted by Gasteiger charge is 2.74. The lowest BCUT2D eigenvalue weighted by molar-refractivity contribution is -0.228. The molecule has 3 heterocycles. The first kappa shape index (κ1) is 15.6. The van der Waals surface area contributed by atoms with Crippen molar-refractivity contribution in [3.05, 3.63) is 0 Å². The molecular weight excluding hydrogens is 310 g/mol. The third kappa shape index (κ3) is 1.73. The van der Waals surface area contributed by atoms with Gasteiger partial charge in [0, 0.05) is 0 Å². The van der Waals surface area contributed by atoms with E-state index in [9.17, 15) is 20.2 Å². The minimum Gasteiger partial charge on any atom is -0.447 e. The molecule has 0 saturated carbocycles. The highest BCUT2D eigenvalue weighted by Crippen LogP contribution is 2.49. The number of aliphatic imine (C=N–C) groups is 2. The van der Waals surface area contributed by atoms with E-state index < -0.39 is 35.5 Å². The SMILES string of the molecule is CC1(O)C(O)CN2C(N)=NC(COC(N)=O)C3N=C(N)N(O)C321. The lowest BCUT2D eigenvalue weighted by Crippen LogP contribution is -2.76. The molecule has 1 amide bonds. The lowest BCUT2D eigenvalue weighted by atomic mass is 9.79. The number of hydroxylamine groups is 2. The van der Waals surface area contributed by atoms with E-state index in [0.717, 1.165) is 0 Å². The second-order valence-electron chi connectivity index (χ2n) is 5.93. The van der Waals surface area contributed by atoms with Gasteiger partial charge in [-0.3, -0.25) is 5.21 Å². The summed E-state index contributed by atoms with van der Waals surface area (Å²) in [6.07, 6.45) is -2.26. The Morgan fingerprint density at radius 3 is 2.70 bits per heavy atom. The Labute approximate surface area is 130 Å². The second-order valence-corrected chi connectivity index (χ2v) is 5.93. The Morgan fingerprint density at radius 2 is 2.09 bits per heavy atom. The summed E-state index contributed by atoms with van der Waals surface area (Å²) >= 11 is 0. The van der Waals surface area contributed by atoms with E-state index in [4.69, 9.17) is 21.9 Å². The number of primary amides is 1. The smallest absolute Gasteiger partial charge is 0.404 e. The van der Waals surface area contributed by atoms with Crippen LogP contribution in [0, 0.1) is 0 Å². The molecule has 128 valence electrons. The predicted octanol–water partition coefficient (Wildman–Crippen LogP) is -3.71. The topological polar surface area (TPSA) is 196 Å². The van der Waals surface area contributed by atoms with E-state index in [2.05, 4.69) is 9.98 Å². The fraction of sp³-hybridized carbons (Fsp3) is 0.727. The van der Waals surface area contributed by atoms with Crippen molar-refractivity contribution in [2.24, 2.45) is 27.2 Å². The van der Waals surface area contributed by atoms with Crippen LogP contribution in [0.4, 0.5) is 4.79 Å². The van der Waals surface area contributed by atoms with Gasteiger partial charge in [0.05, 0.1) is 6.54 Å². The van der Waals surface area contributed by atoms with Crippen molar-refractivity contribution in [2.45, 2.75) is 36.4 Å². The molecule has 23 heavy (non-hydrogen) atoms. The van der Waals surface area contributed by atoms with Gasteiger partial charge in [-0.25, -0.2) is 14.8 Å². The van der Waals surface area contributed by atoms with E-state index in [1.54, 1.807) is 0 Å². The second kappa shape index (κ2) is 4.59. The first-order valence-electron chi connectivity index (χ1n) is 6.90. The molecule has 1 saturated heterocycles. The van der Waals surface area contributed by atoms with Crippen LogP contribution in [0.5, 0.6) is 0 Å². The molecule has 0 bridgehead atoms. The summed E-state index contributed by atoms with van der Waals surface area (Å²) in [7, 11) is 0. The monoisotopic (exact) mass is 329 g/mol. The zero-order chi connectivity index (χ0) is 17.2. The zero-order valence-corrected chi connectivity index (χ0v) is 12.3. The molecule has 1 spiro atoms. The molecule has 3 aliphatic rings. The van der Waals surface area contributed by atoms with Crippen LogP contribution in [0.2, 0.25) is 0 Å². The van der Waals surface area contributed by atoms with Crippen molar-refractivity contribution < 1.29 is 25.0 Å². The van der Waals surface area contributed by atoms with Crippen molar-refractivity contribution in [1.82, 2.24) is 9.96 Å². The third-order valence-electron chi connectivity index (χ3n) is 4.72. The summed E-state index contributed by atoms with van der Waals surface area (Å²) < 4.78 is 4.75. The van der Waals surface area contributed by atoms with E-state index in [1.165, 1.54) is 11.8 Å². The van der Waals surface area contributed by atoms with Gasteiger partial charge in [0.25, 0.3) is 0 Å². The maximum absolute atomic E-state index is 10.9. The van der Waals surface area contributed by atoms with Gasteiger partial charge in [-0.15, -0.1) is 0 Å². The molecule has 12 heteroatoms. The normalized spacial score (nSPS) is 42.0. The minimum absolute atomic E-state index is 0.0555. The molecule has 0 aromatic carbocycles. The number of aliphatic hydroxyl groups is 2. The molecule has 0 aromatic rings. The lowest BCUT2D eigenvalue weighted by Gasteiger charge is -2.51. The standard InChI is InChI=1S/C11H19N7O5/c1-10(21)5(19)2-17-7(12)15-4(3-23-9(14)20)6-11(10,17)18(22)8(13)16-6/h4-6,19,21-22H,2-3H2,1H3,(H2,12,15)(H2,13,16)(H2,14,20). The molecule has 3 aliphatic heterocycles. The van der Waals surface area contributed by atoms with E-state index >= 15 is 0 Å². The third-order valence-corrected chi connectivity index (χ3v) is 4.72. The summed E-state index contributed by atoms with van der Waals surface area (Å²) in [6, 6.07) is -1.78. The van der Waals surface area contributed by atoms with Crippen molar-refractivity contribution >= 4 is 18.0 Å². The summed E-state index contributed by atoms with van der Waals surface area (Å²) in [4.78, 5) is 20.5. The van der Waals surface area contributed by atoms with E-state index in [0.29, 0.717) is 5.06 Å². The number of amides is 1. The Bertz CT molecular complexity index is 608. The van der Waals surface area contributed by atoms with Crippen molar-refractivity contribution in [3.8, 4) is 0 Å². The maximum Gasteiger partial charge on any atom is 0.404 e. The molecule has 0 aromatic heterocycles. The van der Waals surface area contributed by atoms with Crippen LogP contribution < -0.4 is 17.2 Å². The first-order chi connectivity index (χ1) is 10.6. The molecule has 12 nitrogen and oxygen atoms in total. The van der Waals surface area contributed by atoms with Crippen LogP contribution in [-0.4, -0.2) is 86.0 Å². The van der Waals surface area contributed by atoms with Crippen LogP contribution in [0.3, 0.4) is 0 Å². The Hall–Kier alpha value is -2.31. The average Bonchev–Trinajstić information content (AvgIpc) is 2.84. The summed E-state index contributed by atoms with van der Waals surface area (Å²) in [5.41, 5.74) is 13.1. The van der Waals surface area contributed by atoms with Gasteiger partial charge in [-0.2, -0.15) is 5.06 Å². The van der Waals surface area contributed by atoms with Gasteiger partial charge < -0.3 is 37.1 Å². The molecule has 0 radical (unpaired) electrons. The zero-order valence-electron chi connectivity index (χ0n) is 12.3. The Kier molecular flexibility index (Phi) is 3.11. The minimum atomic E-state index is -1.84. The van der Waals surface area contributed by atoms with Crippen LogP contribution in [0.15, 0.2) is 9.98 Å². The quantitative estimate of drug-likeness (QED) is 0.295. The van der Waals surface area contributed by atoms with Crippen molar-refractivity contribution in [2.75, 3.05) is 13.2 Å². The van der Waals surface area contributed by atoms with Crippen molar-refractivity contribution in [1.29, 1.82) is 0 Å². The highest BCUT2D eigenvalue weighted by molar-refractivity contribution is 5.86. The van der Waals surface area contributed by atoms with Crippen LogP contribution in [-0.2, 0) is 4.74 Å². The van der Waals surface area contributed by atoms with Gasteiger partial charge in [0.1, 0.15) is 30.4 Å². The number of nitrogens with zero attached hydrogens (tertiary/aromatic N) is 4. The van der Waals surface area contributed by atoms with E-state index in [-0.39, 0.29) is 25.1 Å². The maximum atomic E-state index is 10.9. The van der Waals surface area contributed by atoms with Crippen LogP contribution in [0.25, 0.3) is 0 Å².